The first-order chi connectivity index (χ1) is 16.4. The number of ether oxygens (including phenoxy) is 1. The molecule has 4 heterocycles. The average Bonchev–Trinajstić information content (AvgIpc) is 3.28. The number of piperidine rings is 1. The summed E-state index contributed by atoms with van der Waals surface area (Å²) in [7, 11) is 0. The van der Waals surface area contributed by atoms with Gasteiger partial charge in [0, 0.05) is 44.0 Å². The van der Waals surface area contributed by atoms with Crippen molar-refractivity contribution in [2.24, 2.45) is 0 Å². The number of aromatic nitrogens is 3. The lowest BCUT2D eigenvalue weighted by atomic mass is 9.89. The second kappa shape index (κ2) is 9.37. The number of fused-ring (bicyclic) bond motifs is 1. The van der Waals surface area contributed by atoms with E-state index in [0.29, 0.717) is 24.6 Å². The zero-order valence-electron chi connectivity index (χ0n) is 18.8. The molecule has 2 aliphatic heterocycles. The van der Waals surface area contributed by atoms with E-state index in [1.54, 1.807) is 4.90 Å². The molecule has 0 atom stereocenters. The van der Waals surface area contributed by atoms with E-state index < -0.39 is 12.6 Å². The second-order valence-corrected chi connectivity index (χ2v) is 9.16. The van der Waals surface area contributed by atoms with Crippen molar-refractivity contribution in [2.75, 3.05) is 26.3 Å². The molecule has 0 radical (unpaired) electrons. The van der Waals surface area contributed by atoms with Crippen molar-refractivity contribution in [3.05, 3.63) is 59.0 Å². The van der Waals surface area contributed by atoms with Crippen molar-refractivity contribution < 1.29 is 22.7 Å². The van der Waals surface area contributed by atoms with Gasteiger partial charge in [-0.3, -0.25) is 4.79 Å². The monoisotopic (exact) mass is 472 g/mol. The molecule has 6 nitrogen and oxygen atoms in total. The Morgan fingerprint density at radius 2 is 1.74 bits per heavy atom. The summed E-state index contributed by atoms with van der Waals surface area (Å²) in [6, 6.07) is 7.77. The van der Waals surface area contributed by atoms with Gasteiger partial charge in [0.2, 0.25) is 0 Å². The number of carbonyl (C=O) groups is 1. The van der Waals surface area contributed by atoms with Crippen LogP contribution in [0, 0.1) is 0 Å². The maximum absolute atomic E-state index is 12.9. The Bertz CT molecular complexity index is 1150. The predicted molar refractivity (Wildman–Crippen MR) is 121 cm³/mol. The molecule has 2 saturated heterocycles. The fourth-order valence-corrected chi connectivity index (χ4v) is 5.01. The van der Waals surface area contributed by atoms with Crippen LogP contribution in [-0.2, 0) is 11.2 Å². The number of H-pyrrole nitrogens is 1. The number of pyridine rings is 1. The van der Waals surface area contributed by atoms with Gasteiger partial charge in [0.15, 0.2) is 5.65 Å². The van der Waals surface area contributed by atoms with Crippen LogP contribution in [0.4, 0.5) is 13.2 Å². The van der Waals surface area contributed by atoms with Crippen LogP contribution < -0.4 is 0 Å². The fraction of sp³-hybridized carbons (Fsp3) is 0.480. The number of benzene rings is 1. The van der Waals surface area contributed by atoms with Gasteiger partial charge in [-0.2, -0.15) is 13.2 Å². The van der Waals surface area contributed by atoms with E-state index in [1.807, 2.05) is 12.3 Å². The standard InChI is InChI=1S/C25H27F3N4O2/c26-25(27,28)15-16-1-3-19(4-2-16)24(33)32-11-6-17(7-12-32)20-5-10-29-23-21(20)30-22(31-23)18-8-13-34-14-9-18/h1-5,10,17-18H,6-9,11-15H2,(H,29,30,31). The lowest BCUT2D eigenvalue weighted by molar-refractivity contribution is -0.127. The molecular formula is C25H27F3N4O2. The summed E-state index contributed by atoms with van der Waals surface area (Å²) in [6.07, 6.45) is 0.0681. The van der Waals surface area contributed by atoms with Crippen molar-refractivity contribution in [3.63, 3.8) is 0 Å². The number of hydrogen-bond acceptors (Lipinski definition) is 4. The minimum absolute atomic E-state index is 0.140. The number of nitrogens with zero attached hydrogens (tertiary/aromatic N) is 3. The lowest BCUT2D eigenvalue weighted by Gasteiger charge is -2.32. The Kier molecular flexibility index (Phi) is 6.29. The first-order valence-electron chi connectivity index (χ1n) is 11.7. The molecule has 0 aliphatic carbocycles. The van der Waals surface area contributed by atoms with Crippen molar-refractivity contribution in [1.29, 1.82) is 0 Å². The van der Waals surface area contributed by atoms with Gasteiger partial charge in [0.1, 0.15) is 11.3 Å². The van der Waals surface area contributed by atoms with Crippen LogP contribution in [0.3, 0.4) is 0 Å². The highest BCUT2D eigenvalue weighted by Crippen LogP contribution is 2.34. The van der Waals surface area contributed by atoms with Gasteiger partial charge >= 0.3 is 6.18 Å². The van der Waals surface area contributed by atoms with Crippen LogP contribution in [0.5, 0.6) is 0 Å². The molecule has 1 amide bonds. The SMILES string of the molecule is O=C(c1ccc(CC(F)(F)F)cc1)N1CCC(c2ccnc3[nH]c(C4CCOCC4)nc23)CC1. The van der Waals surface area contributed by atoms with Crippen molar-refractivity contribution in [1.82, 2.24) is 19.9 Å². The average molecular weight is 473 g/mol. The smallest absolute Gasteiger partial charge is 0.381 e. The molecule has 0 bridgehead atoms. The maximum Gasteiger partial charge on any atom is 0.393 e. The fourth-order valence-electron chi connectivity index (χ4n) is 5.01. The summed E-state index contributed by atoms with van der Waals surface area (Å²) in [4.78, 5) is 27.5. The molecule has 0 saturated carbocycles. The highest BCUT2D eigenvalue weighted by Gasteiger charge is 2.29. The van der Waals surface area contributed by atoms with E-state index in [-0.39, 0.29) is 17.4 Å². The zero-order valence-corrected chi connectivity index (χ0v) is 18.8. The van der Waals surface area contributed by atoms with Crippen molar-refractivity contribution in [3.8, 4) is 0 Å². The van der Waals surface area contributed by atoms with Crippen molar-refractivity contribution >= 4 is 17.1 Å². The van der Waals surface area contributed by atoms with Gasteiger partial charge in [0.25, 0.3) is 5.91 Å². The Balaban J connectivity index is 1.25. The van der Waals surface area contributed by atoms with Crippen LogP contribution in [0.15, 0.2) is 36.5 Å². The van der Waals surface area contributed by atoms with E-state index >= 15 is 0 Å². The number of aromatic amines is 1. The Labute approximate surface area is 195 Å². The van der Waals surface area contributed by atoms with Gasteiger partial charge in [-0.25, -0.2) is 9.97 Å². The van der Waals surface area contributed by atoms with E-state index in [9.17, 15) is 18.0 Å². The molecule has 5 rings (SSSR count). The van der Waals surface area contributed by atoms with Gasteiger partial charge in [-0.1, -0.05) is 12.1 Å². The Morgan fingerprint density at radius 1 is 1.03 bits per heavy atom. The highest BCUT2D eigenvalue weighted by molar-refractivity contribution is 5.94. The quantitative estimate of drug-likeness (QED) is 0.582. The third-order valence-electron chi connectivity index (χ3n) is 6.87. The number of imidazole rings is 1. The third-order valence-corrected chi connectivity index (χ3v) is 6.87. The molecule has 1 aromatic carbocycles. The largest absolute Gasteiger partial charge is 0.393 e. The van der Waals surface area contributed by atoms with E-state index in [2.05, 4.69) is 9.97 Å². The summed E-state index contributed by atoms with van der Waals surface area (Å²) in [5.41, 5.74) is 3.45. The summed E-state index contributed by atoms with van der Waals surface area (Å²) in [6.45, 7) is 2.68. The Morgan fingerprint density at radius 3 is 2.41 bits per heavy atom. The zero-order chi connectivity index (χ0) is 23.7. The number of halogens is 3. The summed E-state index contributed by atoms with van der Waals surface area (Å²) < 4.78 is 43.2. The minimum Gasteiger partial charge on any atom is -0.381 e. The first kappa shape index (κ1) is 22.8. The second-order valence-electron chi connectivity index (χ2n) is 9.16. The van der Waals surface area contributed by atoms with E-state index in [4.69, 9.17) is 9.72 Å². The maximum atomic E-state index is 12.9. The molecule has 3 aromatic rings. The topological polar surface area (TPSA) is 71.1 Å². The molecule has 2 fully saturated rings. The number of rotatable bonds is 4. The first-order valence-corrected chi connectivity index (χ1v) is 11.7. The van der Waals surface area contributed by atoms with Gasteiger partial charge in [0.05, 0.1) is 6.42 Å². The van der Waals surface area contributed by atoms with Crippen LogP contribution in [0.25, 0.3) is 11.2 Å². The number of likely N-dealkylation sites (tertiary alicyclic amines) is 1. The number of alkyl halides is 3. The molecule has 180 valence electrons. The molecule has 0 unspecified atom stereocenters. The summed E-state index contributed by atoms with van der Waals surface area (Å²) in [5, 5.41) is 0. The summed E-state index contributed by atoms with van der Waals surface area (Å²) in [5.74, 6) is 1.46. The highest BCUT2D eigenvalue weighted by atomic mass is 19.4. The lowest BCUT2D eigenvalue weighted by Crippen LogP contribution is -2.38. The van der Waals surface area contributed by atoms with Crippen LogP contribution >= 0.6 is 0 Å². The molecule has 9 heteroatoms. The number of hydrogen-bond donors (Lipinski definition) is 1. The van der Waals surface area contributed by atoms with Crippen LogP contribution in [0.1, 0.15) is 64.8 Å². The molecule has 2 aliphatic rings. The number of nitrogens with one attached hydrogen (secondary N) is 1. The molecule has 2 aromatic heterocycles. The van der Waals surface area contributed by atoms with Gasteiger partial charge in [-0.05, 0) is 60.9 Å². The summed E-state index contributed by atoms with van der Waals surface area (Å²) >= 11 is 0. The Hall–Kier alpha value is -2.94. The molecule has 1 N–H and O–H groups in total. The van der Waals surface area contributed by atoms with E-state index in [1.165, 1.54) is 24.3 Å². The molecule has 0 spiro atoms. The van der Waals surface area contributed by atoms with Gasteiger partial charge < -0.3 is 14.6 Å². The minimum atomic E-state index is -4.26. The van der Waals surface area contributed by atoms with Crippen LogP contribution in [-0.4, -0.2) is 58.2 Å². The van der Waals surface area contributed by atoms with Gasteiger partial charge in [-0.15, -0.1) is 0 Å². The van der Waals surface area contributed by atoms with E-state index in [0.717, 1.165) is 61.4 Å². The normalized spacial score (nSPS) is 18.5. The third kappa shape index (κ3) is 4.94. The van der Waals surface area contributed by atoms with Crippen LogP contribution in [0.2, 0.25) is 0 Å². The van der Waals surface area contributed by atoms with Crippen molar-refractivity contribution in [2.45, 2.75) is 50.1 Å². The predicted octanol–water partition coefficient (Wildman–Crippen LogP) is 4.98. The molecule has 34 heavy (non-hydrogen) atoms. The number of amides is 1. The molecular weight excluding hydrogens is 445 g/mol. The number of carbonyl (C=O) groups excluding carboxylic acids is 1.